The van der Waals surface area contributed by atoms with Crippen LogP contribution in [0.4, 0.5) is 0 Å². The van der Waals surface area contributed by atoms with Crippen LogP contribution in [0, 0.1) is 0 Å². The Morgan fingerprint density at radius 3 is 2.54 bits per heavy atom. The highest BCUT2D eigenvalue weighted by Crippen LogP contribution is 2.21. The monoisotopic (exact) mass is 259 g/mol. The number of nitrogens with zero attached hydrogens (tertiary/aromatic N) is 1. The van der Waals surface area contributed by atoms with E-state index in [-0.39, 0.29) is 15.9 Å². The number of rotatable bonds is 2. The fourth-order valence-electron chi connectivity index (χ4n) is 0.748. The summed E-state index contributed by atoms with van der Waals surface area (Å²) in [5.74, 6) is -0.352. The largest absolute Gasteiger partial charge is 0.243 e. The lowest BCUT2D eigenvalue weighted by Crippen LogP contribution is -1.96. The zero-order chi connectivity index (χ0) is 10.1. The topological polar surface area (TPSA) is 47.0 Å². The summed E-state index contributed by atoms with van der Waals surface area (Å²) in [5.41, 5.74) is 0.344. The molecule has 0 aromatic carbocycles. The molecule has 72 valence electrons. The van der Waals surface area contributed by atoms with E-state index in [1.165, 1.54) is 12.3 Å². The van der Waals surface area contributed by atoms with Crippen LogP contribution in [0.1, 0.15) is 5.56 Å². The highest BCUT2D eigenvalue weighted by Gasteiger charge is 2.11. The third kappa shape index (κ3) is 3.68. The fraction of sp³-hybridized carbons (Fsp3) is 0.167. The van der Waals surface area contributed by atoms with Gasteiger partial charge in [0.05, 0.1) is 10.8 Å². The Labute approximate surface area is 90.1 Å². The van der Waals surface area contributed by atoms with Gasteiger partial charge in [-0.3, -0.25) is 0 Å². The van der Waals surface area contributed by atoms with Crippen molar-refractivity contribution < 1.29 is 8.42 Å². The van der Waals surface area contributed by atoms with Gasteiger partial charge in [-0.2, -0.15) is 0 Å². The van der Waals surface area contributed by atoms with Gasteiger partial charge >= 0.3 is 0 Å². The van der Waals surface area contributed by atoms with Gasteiger partial charge in [0.2, 0.25) is 9.05 Å². The van der Waals surface area contributed by atoms with Gasteiger partial charge in [-0.05, 0) is 11.6 Å². The maximum absolute atomic E-state index is 10.7. The van der Waals surface area contributed by atoms with Crippen LogP contribution >= 0.6 is 33.9 Å². The average molecular weight is 261 g/mol. The van der Waals surface area contributed by atoms with Crippen molar-refractivity contribution in [2.75, 3.05) is 0 Å². The van der Waals surface area contributed by atoms with Crippen molar-refractivity contribution in [2.45, 2.75) is 5.75 Å². The van der Waals surface area contributed by atoms with E-state index in [9.17, 15) is 8.42 Å². The van der Waals surface area contributed by atoms with Crippen LogP contribution in [0.5, 0.6) is 0 Å². The number of hydrogen-bond acceptors (Lipinski definition) is 3. The van der Waals surface area contributed by atoms with Crippen molar-refractivity contribution in [1.29, 1.82) is 0 Å². The molecule has 0 N–H and O–H groups in total. The van der Waals surface area contributed by atoms with Crippen LogP contribution in [0.2, 0.25) is 10.2 Å². The molecule has 0 aliphatic heterocycles. The third-order valence-electron chi connectivity index (χ3n) is 1.23. The molecular formula is C6H4Cl3NO2S. The molecule has 0 radical (unpaired) electrons. The second-order valence-electron chi connectivity index (χ2n) is 2.28. The Morgan fingerprint density at radius 2 is 2.00 bits per heavy atom. The summed E-state index contributed by atoms with van der Waals surface area (Å²) in [7, 11) is 1.43. The van der Waals surface area contributed by atoms with E-state index in [1.54, 1.807) is 0 Å². The molecule has 0 spiro atoms. The lowest BCUT2D eigenvalue weighted by molar-refractivity contribution is 0.609. The maximum atomic E-state index is 10.7. The van der Waals surface area contributed by atoms with Crippen molar-refractivity contribution in [3.63, 3.8) is 0 Å². The predicted molar refractivity (Wildman–Crippen MR) is 52.7 cm³/mol. The zero-order valence-electron chi connectivity index (χ0n) is 6.17. The van der Waals surface area contributed by atoms with Crippen LogP contribution in [0.3, 0.4) is 0 Å². The van der Waals surface area contributed by atoms with Gasteiger partial charge in [0.15, 0.2) is 0 Å². The molecule has 1 rings (SSSR count). The minimum absolute atomic E-state index is 0.180. The third-order valence-corrected chi connectivity index (χ3v) is 2.76. The molecule has 0 saturated carbocycles. The smallest absolute Gasteiger partial charge is 0.236 e. The molecule has 0 atom stereocenters. The Bertz CT molecular complexity index is 418. The van der Waals surface area contributed by atoms with E-state index in [2.05, 4.69) is 4.98 Å². The molecule has 0 aliphatic rings. The van der Waals surface area contributed by atoms with Gasteiger partial charge in [0.1, 0.15) is 5.15 Å². The van der Waals surface area contributed by atoms with Crippen LogP contribution < -0.4 is 0 Å². The molecular weight excluding hydrogens is 256 g/mol. The van der Waals surface area contributed by atoms with Gasteiger partial charge < -0.3 is 0 Å². The highest BCUT2D eigenvalue weighted by atomic mass is 35.7. The summed E-state index contributed by atoms with van der Waals surface area (Å²) in [6.07, 6.45) is 1.28. The SMILES string of the molecule is O=S(=O)(Cl)Cc1cc(Cl)ncc1Cl. The second-order valence-corrected chi connectivity index (χ2v) is 5.85. The molecule has 1 heterocycles. The van der Waals surface area contributed by atoms with Crippen molar-refractivity contribution in [3.05, 3.63) is 28.0 Å². The highest BCUT2D eigenvalue weighted by molar-refractivity contribution is 8.13. The number of pyridine rings is 1. The van der Waals surface area contributed by atoms with E-state index in [0.29, 0.717) is 5.56 Å². The van der Waals surface area contributed by atoms with Crippen molar-refractivity contribution in [2.24, 2.45) is 0 Å². The standard InChI is InChI=1S/C6H4Cl3NO2S/c7-5-2-10-6(8)1-4(5)3-13(9,11)12/h1-2H,3H2. The Morgan fingerprint density at radius 1 is 1.38 bits per heavy atom. The van der Waals surface area contributed by atoms with Crippen LogP contribution in [0.25, 0.3) is 0 Å². The number of hydrogen-bond donors (Lipinski definition) is 0. The number of aromatic nitrogens is 1. The summed E-state index contributed by atoms with van der Waals surface area (Å²) in [5, 5.41) is 0.411. The summed E-state index contributed by atoms with van der Waals surface area (Å²) >= 11 is 11.2. The first-order valence-corrected chi connectivity index (χ1v) is 6.34. The predicted octanol–water partition coefficient (Wildman–Crippen LogP) is 2.46. The first kappa shape index (κ1) is 11.0. The maximum Gasteiger partial charge on any atom is 0.236 e. The number of halogens is 3. The molecule has 0 aliphatic carbocycles. The fourth-order valence-corrected chi connectivity index (χ4v) is 2.14. The van der Waals surface area contributed by atoms with Gasteiger partial charge in [0, 0.05) is 16.9 Å². The van der Waals surface area contributed by atoms with Crippen LogP contribution in [0.15, 0.2) is 12.3 Å². The summed E-state index contributed by atoms with van der Waals surface area (Å²) < 4.78 is 21.4. The minimum Gasteiger partial charge on any atom is -0.243 e. The lowest BCUT2D eigenvalue weighted by Gasteiger charge is -2.00. The molecule has 0 amide bonds. The minimum atomic E-state index is -3.62. The second kappa shape index (κ2) is 4.00. The molecule has 13 heavy (non-hydrogen) atoms. The summed E-state index contributed by atoms with van der Waals surface area (Å²) in [4.78, 5) is 3.66. The molecule has 0 bridgehead atoms. The molecule has 0 saturated heterocycles. The van der Waals surface area contributed by atoms with Crippen molar-refractivity contribution in [3.8, 4) is 0 Å². The molecule has 1 aromatic rings. The molecule has 0 unspecified atom stereocenters. The van der Waals surface area contributed by atoms with Crippen molar-refractivity contribution >= 4 is 42.9 Å². The average Bonchev–Trinajstić information content (AvgIpc) is 1.94. The summed E-state index contributed by atoms with van der Waals surface area (Å²) in [6, 6.07) is 1.36. The van der Waals surface area contributed by atoms with E-state index < -0.39 is 9.05 Å². The molecule has 1 aromatic heterocycles. The normalized spacial score (nSPS) is 11.6. The Kier molecular flexibility index (Phi) is 3.40. The molecule has 0 fully saturated rings. The molecule has 7 heteroatoms. The lowest BCUT2D eigenvalue weighted by atomic mass is 10.3. The Balaban J connectivity index is 3.08. The first-order chi connectivity index (χ1) is 5.88. The van der Waals surface area contributed by atoms with Crippen molar-refractivity contribution in [1.82, 2.24) is 4.98 Å². The van der Waals surface area contributed by atoms with Crippen LogP contribution in [-0.4, -0.2) is 13.4 Å². The van der Waals surface area contributed by atoms with Gasteiger partial charge in [-0.25, -0.2) is 13.4 Å². The quantitative estimate of drug-likeness (QED) is 0.606. The van der Waals surface area contributed by atoms with E-state index in [1.807, 2.05) is 0 Å². The van der Waals surface area contributed by atoms with Gasteiger partial charge in [-0.1, -0.05) is 23.2 Å². The summed E-state index contributed by atoms with van der Waals surface area (Å²) in [6.45, 7) is 0. The zero-order valence-corrected chi connectivity index (χ0v) is 9.25. The van der Waals surface area contributed by atoms with Gasteiger partial charge in [-0.15, -0.1) is 0 Å². The Hall–Kier alpha value is -0.0300. The van der Waals surface area contributed by atoms with Crippen LogP contribution in [-0.2, 0) is 14.8 Å². The first-order valence-electron chi connectivity index (χ1n) is 3.11. The molecule has 3 nitrogen and oxygen atoms in total. The van der Waals surface area contributed by atoms with E-state index >= 15 is 0 Å². The van der Waals surface area contributed by atoms with Gasteiger partial charge in [0.25, 0.3) is 0 Å². The van der Waals surface area contributed by atoms with E-state index in [4.69, 9.17) is 33.9 Å². The van der Waals surface area contributed by atoms with E-state index in [0.717, 1.165) is 0 Å².